The Balaban J connectivity index is 2.75. The van der Waals surface area contributed by atoms with Gasteiger partial charge in [-0.1, -0.05) is 41.0 Å². The smallest absolute Gasteiger partial charge is 0.0135 e. The summed E-state index contributed by atoms with van der Waals surface area (Å²) >= 11 is 2.22. The third-order valence-corrected chi connectivity index (χ3v) is 6.39. The summed E-state index contributed by atoms with van der Waals surface area (Å²) in [6.07, 6.45) is 5.47. The molecule has 3 unspecified atom stereocenters. The van der Waals surface area contributed by atoms with E-state index in [0.29, 0.717) is 10.2 Å². The zero-order valence-electron chi connectivity index (χ0n) is 10.5. The first-order chi connectivity index (χ1) is 6.52. The fraction of sp³-hybridized carbons (Fsp3) is 1.00. The molecule has 0 aromatic carbocycles. The first-order valence-electron chi connectivity index (χ1n) is 6.16. The van der Waals surface area contributed by atoms with Crippen molar-refractivity contribution < 1.29 is 0 Å². The van der Waals surface area contributed by atoms with Gasteiger partial charge in [0, 0.05) is 4.75 Å². The van der Waals surface area contributed by atoms with Gasteiger partial charge in [-0.15, -0.1) is 0 Å². The van der Waals surface area contributed by atoms with E-state index >= 15 is 0 Å². The van der Waals surface area contributed by atoms with E-state index in [4.69, 9.17) is 0 Å². The highest BCUT2D eigenvalue weighted by molar-refractivity contribution is 8.00. The van der Waals surface area contributed by atoms with Gasteiger partial charge >= 0.3 is 0 Å². The average Bonchev–Trinajstić information content (AvgIpc) is 2.57. The maximum atomic E-state index is 2.46. The van der Waals surface area contributed by atoms with E-state index in [9.17, 15) is 0 Å². The van der Waals surface area contributed by atoms with E-state index in [1.54, 1.807) is 0 Å². The van der Waals surface area contributed by atoms with E-state index < -0.39 is 0 Å². The van der Waals surface area contributed by atoms with Crippen LogP contribution in [-0.4, -0.2) is 10.5 Å². The van der Waals surface area contributed by atoms with Crippen LogP contribution in [0.5, 0.6) is 0 Å². The van der Waals surface area contributed by atoms with Crippen LogP contribution in [0.2, 0.25) is 0 Å². The Bertz CT molecular complexity index is 190. The van der Waals surface area contributed by atoms with Crippen molar-refractivity contribution in [1.29, 1.82) is 0 Å². The highest BCUT2D eigenvalue weighted by Crippen LogP contribution is 2.55. The number of hydrogen-bond donors (Lipinski definition) is 0. The quantitative estimate of drug-likeness (QED) is 0.651. The topological polar surface area (TPSA) is 0 Å². The van der Waals surface area contributed by atoms with Crippen LogP contribution in [0.15, 0.2) is 0 Å². The van der Waals surface area contributed by atoms with Gasteiger partial charge in [0.2, 0.25) is 0 Å². The predicted octanol–water partition coefficient (Wildman–Crippen LogP) is 4.73. The van der Waals surface area contributed by atoms with E-state index in [2.05, 4.69) is 46.4 Å². The first kappa shape index (κ1) is 12.4. The van der Waals surface area contributed by atoms with Gasteiger partial charge in [0.15, 0.2) is 0 Å². The zero-order valence-corrected chi connectivity index (χ0v) is 11.3. The maximum absolute atomic E-state index is 2.46. The molecule has 14 heavy (non-hydrogen) atoms. The molecular weight excluding hydrogens is 188 g/mol. The molecule has 1 heterocycles. The summed E-state index contributed by atoms with van der Waals surface area (Å²) < 4.78 is 0.569. The van der Waals surface area contributed by atoms with Crippen LogP contribution in [0, 0.1) is 11.3 Å². The van der Waals surface area contributed by atoms with Gasteiger partial charge in [0.25, 0.3) is 0 Å². The summed E-state index contributed by atoms with van der Waals surface area (Å²) in [5.41, 5.74) is 0.643. The Morgan fingerprint density at radius 3 is 2.21 bits per heavy atom. The molecule has 1 rings (SSSR count). The molecule has 3 atom stereocenters. The molecule has 0 amide bonds. The second-order valence-electron chi connectivity index (χ2n) is 5.29. The van der Waals surface area contributed by atoms with E-state index in [0.717, 1.165) is 5.92 Å². The standard InChI is InChI=1S/C13H26S/c1-6-11(4)13(8-3)9-12(5,7-2)14-10-13/h11H,6-10H2,1-5H3. The molecule has 0 spiro atoms. The van der Waals surface area contributed by atoms with Crippen LogP contribution in [-0.2, 0) is 0 Å². The Hall–Kier alpha value is 0.350. The maximum Gasteiger partial charge on any atom is 0.0135 e. The van der Waals surface area contributed by atoms with Crippen molar-refractivity contribution in [2.45, 2.75) is 65.0 Å². The monoisotopic (exact) mass is 214 g/mol. The van der Waals surface area contributed by atoms with Crippen LogP contribution >= 0.6 is 11.8 Å². The van der Waals surface area contributed by atoms with Gasteiger partial charge in [0.05, 0.1) is 0 Å². The van der Waals surface area contributed by atoms with Gasteiger partial charge in [-0.05, 0) is 36.3 Å². The van der Waals surface area contributed by atoms with Crippen molar-refractivity contribution in [2.24, 2.45) is 11.3 Å². The molecule has 1 aliphatic rings. The molecule has 0 N–H and O–H groups in total. The molecule has 0 aliphatic carbocycles. The molecule has 84 valence electrons. The summed E-state index contributed by atoms with van der Waals surface area (Å²) in [5.74, 6) is 2.29. The lowest BCUT2D eigenvalue weighted by molar-refractivity contribution is 0.172. The van der Waals surface area contributed by atoms with Crippen LogP contribution in [0.4, 0.5) is 0 Å². The van der Waals surface area contributed by atoms with E-state index in [1.807, 2.05) is 0 Å². The molecular formula is C13H26S. The highest BCUT2D eigenvalue weighted by atomic mass is 32.2. The lowest BCUT2D eigenvalue weighted by Gasteiger charge is -2.35. The minimum atomic E-state index is 0.569. The third kappa shape index (κ3) is 2.13. The van der Waals surface area contributed by atoms with Gasteiger partial charge in [-0.25, -0.2) is 0 Å². The van der Waals surface area contributed by atoms with Crippen LogP contribution in [0.3, 0.4) is 0 Å². The van der Waals surface area contributed by atoms with E-state index in [-0.39, 0.29) is 0 Å². The SMILES string of the molecule is CCC(C)C1(CC)CSC(C)(CC)C1. The first-order valence-corrected chi connectivity index (χ1v) is 7.14. The predicted molar refractivity (Wildman–Crippen MR) is 68.0 cm³/mol. The minimum absolute atomic E-state index is 0.569. The molecule has 0 saturated carbocycles. The van der Waals surface area contributed by atoms with E-state index in [1.165, 1.54) is 31.4 Å². The average molecular weight is 214 g/mol. The Kier molecular flexibility index (Phi) is 3.96. The number of hydrogen-bond acceptors (Lipinski definition) is 1. The second kappa shape index (κ2) is 4.47. The van der Waals surface area contributed by atoms with Crippen LogP contribution < -0.4 is 0 Å². The summed E-state index contributed by atoms with van der Waals surface area (Å²) in [7, 11) is 0. The fourth-order valence-electron chi connectivity index (χ4n) is 2.72. The zero-order chi connectivity index (χ0) is 10.8. The molecule has 1 fully saturated rings. The Morgan fingerprint density at radius 2 is 1.86 bits per heavy atom. The van der Waals surface area contributed by atoms with Crippen LogP contribution in [0.25, 0.3) is 0 Å². The molecule has 0 nitrogen and oxygen atoms in total. The van der Waals surface area contributed by atoms with Gasteiger partial charge in [-0.3, -0.25) is 0 Å². The molecule has 0 aromatic rings. The fourth-order valence-corrected chi connectivity index (χ4v) is 4.54. The third-order valence-electron chi connectivity index (χ3n) is 4.54. The van der Waals surface area contributed by atoms with Gasteiger partial charge in [0.1, 0.15) is 0 Å². The molecule has 0 radical (unpaired) electrons. The summed E-state index contributed by atoms with van der Waals surface area (Å²) in [4.78, 5) is 0. The number of thioether (sulfide) groups is 1. The van der Waals surface area contributed by atoms with Crippen molar-refractivity contribution in [3.05, 3.63) is 0 Å². The summed E-state index contributed by atoms with van der Waals surface area (Å²) in [6.45, 7) is 12.0. The van der Waals surface area contributed by atoms with Crippen molar-refractivity contribution in [1.82, 2.24) is 0 Å². The highest BCUT2D eigenvalue weighted by Gasteiger charge is 2.46. The largest absolute Gasteiger partial charge is 0.155 e. The Morgan fingerprint density at radius 1 is 1.21 bits per heavy atom. The van der Waals surface area contributed by atoms with Crippen molar-refractivity contribution in [3.8, 4) is 0 Å². The van der Waals surface area contributed by atoms with Gasteiger partial charge in [-0.2, -0.15) is 11.8 Å². The number of rotatable bonds is 4. The molecule has 0 aromatic heterocycles. The van der Waals surface area contributed by atoms with Gasteiger partial charge < -0.3 is 0 Å². The normalized spacial score (nSPS) is 40.1. The lowest BCUT2D eigenvalue weighted by atomic mass is 9.69. The Labute approximate surface area is 94.2 Å². The summed E-state index contributed by atoms with van der Waals surface area (Å²) in [5, 5.41) is 0. The molecule has 1 aliphatic heterocycles. The molecule has 1 saturated heterocycles. The van der Waals surface area contributed by atoms with Crippen molar-refractivity contribution in [2.75, 3.05) is 5.75 Å². The van der Waals surface area contributed by atoms with Crippen molar-refractivity contribution in [3.63, 3.8) is 0 Å². The van der Waals surface area contributed by atoms with Crippen LogP contribution in [0.1, 0.15) is 60.3 Å². The molecule has 1 heteroatoms. The summed E-state index contributed by atoms with van der Waals surface area (Å²) in [6, 6.07) is 0. The minimum Gasteiger partial charge on any atom is -0.155 e. The lowest BCUT2D eigenvalue weighted by Crippen LogP contribution is -2.30. The second-order valence-corrected chi connectivity index (χ2v) is 6.86. The van der Waals surface area contributed by atoms with Crippen molar-refractivity contribution >= 4 is 11.8 Å². The molecule has 0 bridgehead atoms.